The summed E-state index contributed by atoms with van der Waals surface area (Å²) in [6.07, 6.45) is 4.34. The molecule has 1 amide bonds. The highest BCUT2D eigenvalue weighted by molar-refractivity contribution is 5.68. The van der Waals surface area contributed by atoms with Crippen molar-refractivity contribution in [3.63, 3.8) is 0 Å². The first-order chi connectivity index (χ1) is 15.8. The minimum Gasteiger partial charge on any atom is -0.491 e. The van der Waals surface area contributed by atoms with Crippen molar-refractivity contribution < 1.29 is 23.7 Å². The molecule has 1 fully saturated rings. The van der Waals surface area contributed by atoms with E-state index in [1.54, 1.807) is 31.6 Å². The Bertz CT molecular complexity index is 1010. The van der Waals surface area contributed by atoms with Gasteiger partial charge in [0.2, 0.25) is 5.88 Å². The van der Waals surface area contributed by atoms with Gasteiger partial charge in [0.05, 0.1) is 50.5 Å². The van der Waals surface area contributed by atoms with Crippen molar-refractivity contribution in [3.05, 3.63) is 29.8 Å². The molecule has 10 heteroatoms. The Hall–Kier alpha value is -3.30. The molecule has 10 nitrogen and oxygen atoms in total. The highest BCUT2D eigenvalue weighted by Crippen LogP contribution is 2.33. The number of likely N-dealkylation sites (tertiary alicyclic amines) is 1. The van der Waals surface area contributed by atoms with Crippen molar-refractivity contribution in [1.82, 2.24) is 19.9 Å². The van der Waals surface area contributed by atoms with Crippen LogP contribution in [0.2, 0.25) is 0 Å². The summed E-state index contributed by atoms with van der Waals surface area (Å²) in [4.78, 5) is 29.5. The van der Waals surface area contributed by atoms with Gasteiger partial charge in [-0.05, 0) is 20.8 Å². The van der Waals surface area contributed by atoms with Gasteiger partial charge in [-0.1, -0.05) is 0 Å². The second-order valence-electron chi connectivity index (χ2n) is 9.14. The van der Waals surface area contributed by atoms with E-state index < -0.39 is 5.60 Å². The Morgan fingerprint density at radius 3 is 2.64 bits per heavy atom. The molecule has 0 N–H and O–H groups in total. The highest BCUT2D eigenvalue weighted by Gasteiger charge is 2.32. The molecule has 2 aliphatic rings. The lowest BCUT2D eigenvalue weighted by Gasteiger charge is -2.31. The van der Waals surface area contributed by atoms with E-state index in [9.17, 15) is 4.79 Å². The van der Waals surface area contributed by atoms with Gasteiger partial charge in [0.15, 0.2) is 5.75 Å². The van der Waals surface area contributed by atoms with Crippen LogP contribution in [0.15, 0.2) is 18.6 Å². The van der Waals surface area contributed by atoms with Crippen LogP contribution in [0, 0.1) is 0 Å². The third-order valence-electron chi connectivity index (χ3n) is 5.62. The van der Waals surface area contributed by atoms with Gasteiger partial charge in [-0.2, -0.15) is 0 Å². The number of fused-ring (bicyclic) bond motifs is 1. The second-order valence-corrected chi connectivity index (χ2v) is 9.14. The molecule has 0 aliphatic carbocycles. The summed E-state index contributed by atoms with van der Waals surface area (Å²) in [5.41, 5.74) is 2.33. The van der Waals surface area contributed by atoms with Crippen LogP contribution >= 0.6 is 0 Å². The van der Waals surface area contributed by atoms with Gasteiger partial charge in [-0.25, -0.2) is 19.7 Å². The predicted molar refractivity (Wildman–Crippen MR) is 121 cm³/mol. The van der Waals surface area contributed by atoms with E-state index in [1.807, 2.05) is 26.8 Å². The van der Waals surface area contributed by atoms with Gasteiger partial charge in [0, 0.05) is 32.0 Å². The number of hydrogen-bond donors (Lipinski definition) is 0. The van der Waals surface area contributed by atoms with Crippen LogP contribution in [0.1, 0.15) is 38.4 Å². The Balaban J connectivity index is 1.47. The van der Waals surface area contributed by atoms with Crippen LogP contribution in [0.4, 0.5) is 10.5 Å². The summed E-state index contributed by atoms with van der Waals surface area (Å²) in [6, 6.07) is 1.91. The van der Waals surface area contributed by atoms with E-state index in [1.165, 1.54) is 0 Å². The number of nitrogens with zero attached hydrogens (tertiary/aromatic N) is 5. The van der Waals surface area contributed by atoms with Crippen LogP contribution < -0.4 is 19.1 Å². The molecular formula is C23H31N5O5. The molecule has 1 saturated heterocycles. The van der Waals surface area contributed by atoms with Crippen LogP contribution in [-0.4, -0.2) is 71.5 Å². The van der Waals surface area contributed by atoms with E-state index in [4.69, 9.17) is 18.9 Å². The van der Waals surface area contributed by atoms with Gasteiger partial charge < -0.3 is 28.7 Å². The molecule has 2 aromatic rings. The minimum atomic E-state index is -0.524. The fourth-order valence-corrected chi connectivity index (χ4v) is 4.01. The Labute approximate surface area is 193 Å². The Morgan fingerprint density at radius 2 is 1.91 bits per heavy atom. The average molecular weight is 458 g/mol. The molecule has 33 heavy (non-hydrogen) atoms. The Kier molecular flexibility index (Phi) is 6.44. The van der Waals surface area contributed by atoms with Crippen molar-refractivity contribution in [2.45, 2.75) is 51.9 Å². The maximum Gasteiger partial charge on any atom is 0.410 e. The summed E-state index contributed by atoms with van der Waals surface area (Å²) in [5, 5.41) is 0. The number of rotatable bonds is 5. The fourth-order valence-electron chi connectivity index (χ4n) is 4.01. The monoisotopic (exact) mass is 457 g/mol. The van der Waals surface area contributed by atoms with Gasteiger partial charge in [0.1, 0.15) is 18.0 Å². The molecular weight excluding hydrogens is 426 g/mol. The van der Waals surface area contributed by atoms with Gasteiger partial charge in [0.25, 0.3) is 5.88 Å². The maximum absolute atomic E-state index is 12.4. The minimum absolute atomic E-state index is 0.144. The van der Waals surface area contributed by atoms with Crippen molar-refractivity contribution >= 4 is 11.8 Å². The number of pyridine rings is 1. The molecule has 178 valence electrons. The van der Waals surface area contributed by atoms with Crippen molar-refractivity contribution in [1.29, 1.82) is 0 Å². The van der Waals surface area contributed by atoms with E-state index in [0.717, 1.165) is 36.3 Å². The van der Waals surface area contributed by atoms with E-state index in [2.05, 4.69) is 19.9 Å². The number of carbonyl (C=O) groups is 1. The SMILES string of the molecule is COc1cc(N2CCc3ncnc(O[C@H]4CCN(C(=O)OC(C)(C)C)C4)c3C2)cnc1OC. The number of carbonyl (C=O) groups excluding carboxylic acids is 1. The zero-order chi connectivity index (χ0) is 23.6. The first-order valence-electron chi connectivity index (χ1n) is 11.1. The van der Waals surface area contributed by atoms with Gasteiger partial charge in [-0.15, -0.1) is 0 Å². The molecule has 0 radical (unpaired) electrons. The third kappa shape index (κ3) is 5.20. The number of anilines is 1. The molecule has 0 spiro atoms. The lowest BCUT2D eigenvalue weighted by Crippen LogP contribution is -2.36. The van der Waals surface area contributed by atoms with E-state index in [0.29, 0.717) is 37.1 Å². The molecule has 0 aromatic carbocycles. The fraction of sp³-hybridized carbons (Fsp3) is 0.565. The number of aromatic nitrogens is 3. The predicted octanol–water partition coefficient (Wildman–Crippen LogP) is 2.84. The van der Waals surface area contributed by atoms with Crippen LogP contribution in [0.3, 0.4) is 0 Å². The van der Waals surface area contributed by atoms with Crippen molar-refractivity contribution in [2.24, 2.45) is 0 Å². The van der Waals surface area contributed by atoms with Gasteiger partial charge >= 0.3 is 6.09 Å². The summed E-state index contributed by atoms with van der Waals surface area (Å²) in [7, 11) is 3.16. The van der Waals surface area contributed by atoms with Crippen molar-refractivity contribution in [3.8, 4) is 17.5 Å². The molecule has 4 heterocycles. The second kappa shape index (κ2) is 9.29. The van der Waals surface area contributed by atoms with Crippen LogP contribution in [0.25, 0.3) is 0 Å². The normalized spacial score (nSPS) is 18.0. The highest BCUT2D eigenvalue weighted by atomic mass is 16.6. The number of ether oxygens (including phenoxy) is 4. The zero-order valence-corrected chi connectivity index (χ0v) is 19.8. The van der Waals surface area contributed by atoms with E-state index in [-0.39, 0.29) is 12.2 Å². The molecule has 1 atom stereocenters. The zero-order valence-electron chi connectivity index (χ0n) is 19.8. The summed E-state index contributed by atoms with van der Waals surface area (Å²) in [5.74, 6) is 1.59. The van der Waals surface area contributed by atoms with Crippen LogP contribution in [-0.2, 0) is 17.7 Å². The summed E-state index contributed by atoms with van der Waals surface area (Å²) < 4.78 is 22.4. The first-order valence-corrected chi connectivity index (χ1v) is 11.1. The Morgan fingerprint density at radius 1 is 1.09 bits per heavy atom. The molecule has 0 bridgehead atoms. The third-order valence-corrected chi connectivity index (χ3v) is 5.62. The summed E-state index contributed by atoms with van der Waals surface area (Å²) >= 11 is 0. The lowest BCUT2D eigenvalue weighted by atomic mass is 10.1. The summed E-state index contributed by atoms with van der Waals surface area (Å²) in [6.45, 7) is 8.03. The van der Waals surface area contributed by atoms with Crippen molar-refractivity contribution in [2.75, 3.05) is 38.8 Å². The molecule has 4 rings (SSSR count). The molecule has 0 saturated carbocycles. The first kappa shape index (κ1) is 22.9. The average Bonchev–Trinajstić information content (AvgIpc) is 3.26. The number of amides is 1. The molecule has 0 unspecified atom stereocenters. The number of hydrogen-bond acceptors (Lipinski definition) is 9. The van der Waals surface area contributed by atoms with E-state index >= 15 is 0 Å². The largest absolute Gasteiger partial charge is 0.491 e. The number of methoxy groups -OCH3 is 2. The maximum atomic E-state index is 12.4. The van der Waals surface area contributed by atoms with Crippen LogP contribution in [0.5, 0.6) is 17.5 Å². The lowest BCUT2D eigenvalue weighted by molar-refractivity contribution is 0.0274. The topological polar surface area (TPSA) is 99.1 Å². The molecule has 2 aliphatic heterocycles. The molecule has 2 aromatic heterocycles. The smallest absolute Gasteiger partial charge is 0.410 e. The quantitative estimate of drug-likeness (QED) is 0.671. The standard InChI is InChI=1S/C23H31N5O5/c1-23(2,3)33-22(29)28-8-6-16(12-28)32-20-17-13-27(9-7-18(17)25-14-26-20)15-10-19(30-4)21(31-5)24-11-15/h10-11,14,16H,6-9,12-13H2,1-5H3/t16-/m0/s1. The van der Waals surface area contributed by atoms with Gasteiger partial charge in [-0.3, -0.25) is 0 Å².